The second-order valence-electron chi connectivity index (χ2n) is 12.0. The van der Waals surface area contributed by atoms with Crippen LogP contribution in [0.25, 0.3) is 0 Å². The maximum absolute atomic E-state index is 12.8. The summed E-state index contributed by atoms with van der Waals surface area (Å²) in [4.78, 5) is 37.9. The Morgan fingerprint density at radius 1 is 0.714 bits per heavy atom. The molecule has 0 aromatic carbocycles. The van der Waals surface area contributed by atoms with Crippen molar-refractivity contribution in [1.82, 2.24) is 5.32 Å². The van der Waals surface area contributed by atoms with Gasteiger partial charge in [-0.2, -0.15) is 0 Å². The van der Waals surface area contributed by atoms with Gasteiger partial charge in [-0.15, -0.1) is 0 Å². The average Bonchev–Trinajstić information content (AvgIpc) is 2.49. The molecule has 0 aromatic rings. The normalized spacial score (nSPS) is 15.7. The molecule has 164 valence electrons. The van der Waals surface area contributed by atoms with Crippen LogP contribution in [0.2, 0.25) is 0 Å². The van der Waals surface area contributed by atoms with Gasteiger partial charge in [-0.05, 0) is 26.2 Å². The lowest BCUT2D eigenvalue weighted by molar-refractivity contribution is -0.137. The molecule has 28 heavy (non-hydrogen) atoms. The van der Waals surface area contributed by atoms with Crippen molar-refractivity contribution >= 4 is 17.5 Å². The Labute approximate surface area is 173 Å². The standard InChI is InChI=1S/C24H45NO3/c1-16(18(26)21(3,4)5)15-17(2)25-20(28)24(11,12)14-13-23(9,10)19(27)22(6,7)8/h16-17H,13-15H2,1-12H3,(H,25,28). The van der Waals surface area contributed by atoms with Crippen LogP contribution in [0.1, 0.15) is 102 Å². The minimum absolute atomic E-state index is 0.0191. The van der Waals surface area contributed by atoms with E-state index in [1.165, 1.54) is 0 Å². The summed E-state index contributed by atoms with van der Waals surface area (Å²) in [6.07, 6.45) is 1.93. The molecule has 0 saturated carbocycles. The van der Waals surface area contributed by atoms with Crippen LogP contribution in [-0.2, 0) is 14.4 Å². The van der Waals surface area contributed by atoms with Gasteiger partial charge in [0, 0.05) is 33.6 Å². The van der Waals surface area contributed by atoms with Gasteiger partial charge in [0.15, 0.2) is 0 Å². The van der Waals surface area contributed by atoms with Crippen LogP contribution in [0.5, 0.6) is 0 Å². The van der Waals surface area contributed by atoms with Gasteiger partial charge >= 0.3 is 0 Å². The zero-order valence-corrected chi connectivity index (χ0v) is 20.5. The fourth-order valence-electron chi connectivity index (χ4n) is 3.72. The maximum atomic E-state index is 12.8. The quantitative estimate of drug-likeness (QED) is 0.554. The predicted octanol–water partition coefficient (Wildman–Crippen LogP) is 5.58. The molecular weight excluding hydrogens is 350 g/mol. The summed E-state index contributed by atoms with van der Waals surface area (Å²) in [5.41, 5.74) is -1.79. The fourth-order valence-corrected chi connectivity index (χ4v) is 3.72. The van der Waals surface area contributed by atoms with E-state index in [4.69, 9.17) is 0 Å². The number of ketones is 2. The summed E-state index contributed by atoms with van der Waals surface area (Å²) in [5.74, 6) is 0.325. The third kappa shape index (κ3) is 8.05. The lowest BCUT2D eigenvalue weighted by atomic mass is 9.70. The zero-order chi connectivity index (χ0) is 22.7. The van der Waals surface area contributed by atoms with Crippen LogP contribution in [0.3, 0.4) is 0 Å². The molecule has 2 unspecified atom stereocenters. The van der Waals surface area contributed by atoms with Gasteiger partial charge in [0.05, 0.1) is 0 Å². The van der Waals surface area contributed by atoms with Crippen LogP contribution < -0.4 is 5.32 Å². The molecule has 0 fully saturated rings. The van der Waals surface area contributed by atoms with Gasteiger partial charge in [-0.1, -0.05) is 76.2 Å². The summed E-state index contributed by atoms with van der Waals surface area (Å²) in [6.45, 7) is 23.3. The third-order valence-corrected chi connectivity index (χ3v) is 5.56. The van der Waals surface area contributed by atoms with E-state index in [2.05, 4.69) is 5.32 Å². The van der Waals surface area contributed by atoms with Gasteiger partial charge in [-0.25, -0.2) is 0 Å². The fraction of sp³-hybridized carbons (Fsp3) is 0.875. The number of hydrogen-bond donors (Lipinski definition) is 1. The zero-order valence-electron chi connectivity index (χ0n) is 20.5. The van der Waals surface area contributed by atoms with E-state index in [0.29, 0.717) is 19.3 Å². The average molecular weight is 396 g/mol. The lowest BCUT2D eigenvalue weighted by Crippen LogP contribution is -2.44. The molecule has 1 amide bonds. The Bertz CT molecular complexity index is 574. The van der Waals surface area contributed by atoms with Crippen molar-refractivity contribution < 1.29 is 14.4 Å². The van der Waals surface area contributed by atoms with Crippen LogP contribution in [0.15, 0.2) is 0 Å². The van der Waals surface area contributed by atoms with Crippen LogP contribution in [0.4, 0.5) is 0 Å². The molecule has 0 rings (SSSR count). The van der Waals surface area contributed by atoms with Gasteiger partial charge in [-0.3, -0.25) is 14.4 Å². The van der Waals surface area contributed by atoms with Crippen LogP contribution in [-0.4, -0.2) is 23.5 Å². The lowest BCUT2D eigenvalue weighted by Gasteiger charge is -2.34. The van der Waals surface area contributed by atoms with Crippen molar-refractivity contribution in [3.05, 3.63) is 0 Å². The third-order valence-electron chi connectivity index (χ3n) is 5.56. The molecule has 0 spiro atoms. The molecule has 1 N–H and O–H groups in total. The molecule has 2 atom stereocenters. The predicted molar refractivity (Wildman–Crippen MR) is 117 cm³/mol. The first-order valence-electron chi connectivity index (χ1n) is 10.6. The number of carbonyl (C=O) groups excluding carboxylic acids is 3. The number of carbonyl (C=O) groups is 3. The molecule has 0 aliphatic heterocycles. The first kappa shape index (κ1) is 26.8. The first-order valence-corrected chi connectivity index (χ1v) is 10.6. The van der Waals surface area contributed by atoms with Crippen molar-refractivity contribution in [2.45, 2.75) is 108 Å². The Kier molecular flexibility index (Phi) is 8.70. The molecule has 4 heteroatoms. The van der Waals surface area contributed by atoms with Crippen LogP contribution >= 0.6 is 0 Å². The molecule has 4 nitrogen and oxygen atoms in total. The molecule has 0 saturated heterocycles. The summed E-state index contributed by atoms with van der Waals surface area (Å²) in [7, 11) is 0. The first-order chi connectivity index (χ1) is 12.2. The number of hydrogen-bond acceptors (Lipinski definition) is 3. The highest BCUT2D eigenvalue weighted by Crippen LogP contribution is 2.37. The van der Waals surface area contributed by atoms with Gasteiger partial charge in [0.2, 0.25) is 5.91 Å². The Balaban J connectivity index is 4.87. The van der Waals surface area contributed by atoms with Crippen molar-refractivity contribution in [2.75, 3.05) is 0 Å². The largest absolute Gasteiger partial charge is 0.353 e. The summed E-state index contributed by atoms with van der Waals surface area (Å²) in [5, 5.41) is 3.08. The Hall–Kier alpha value is -1.19. The summed E-state index contributed by atoms with van der Waals surface area (Å²) < 4.78 is 0. The Morgan fingerprint density at radius 3 is 1.54 bits per heavy atom. The maximum Gasteiger partial charge on any atom is 0.225 e. The van der Waals surface area contributed by atoms with Crippen molar-refractivity contribution in [1.29, 1.82) is 0 Å². The highest BCUT2D eigenvalue weighted by Gasteiger charge is 2.38. The second kappa shape index (κ2) is 9.09. The van der Waals surface area contributed by atoms with Crippen molar-refractivity contribution in [3.8, 4) is 0 Å². The SMILES string of the molecule is CC(CC(C)C(=O)C(C)(C)C)NC(=O)C(C)(C)CCC(C)(C)C(=O)C(C)(C)C. The van der Waals surface area contributed by atoms with E-state index in [9.17, 15) is 14.4 Å². The van der Waals surface area contributed by atoms with E-state index in [0.717, 1.165) is 0 Å². The smallest absolute Gasteiger partial charge is 0.225 e. The molecule has 0 radical (unpaired) electrons. The van der Waals surface area contributed by atoms with Gasteiger partial charge < -0.3 is 5.32 Å². The van der Waals surface area contributed by atoms with E-state index in [1.807, 2.05) is 83.1 Å². The molecule has 0 aliphatic rings. The van der Waals surface area contributed by atoms with E-state index in [-0.39, 0.29) is 40.3 Å². The highest BCUT2D eigenvalue weighted by molar-refractivity contribution is 5.89. The topological polar surface area (TPSA) is 63.2 Å². The van der Waals surface area contributed by atoms with Crippen molar-refractivity contribution in [2.24, 2.45) is 27.6 Å². The van der Waals surface area contributed by atoms with E-state index in [1.54, 1.807) is 0 Å². The van der Waals surface area contributed by atoms with Crippen molar-refractivity contribution in [3.63, 3.8) is 0 Å². The summed E-state index contributed by atoms with van der Waals surface area (Å²) in [6, 6.07) is -0.0720. The van der Waals surface area contributed by atoms with E-state index >= 15 is 0 Å². The Morgan fingerprint density at radius 2 is 1.14 bits per heavy atom. The molecule has 0 aliphatic carbocycles. The molecule has 0 aromatic heterocycles. The number of amides is 1. The van der Waals surface area contributed by atoms with Crippen LogP contribution in [0, 0.1) is 27.6 Å². The molecular formula is C24H45NO3. The summed E-state index contributed by atoms with van der Waals surface area (Å²) >= 11 is 0. The second-order valence-corrected chi connectivity index (χ2v) is 12.0. The molecule has 0 bridgehead atoms. The van der Waals surface area contributed by atoms with Gasteiger partial charge in [0.25, 0.3) is 0 Å². The number of nitrogens with one attached hydrogen (secondary N) is 1. The van der Waals surface area contributed by atoms with Gasteiger partial charge in [0.1, 0.15) is 11.6 Å². The highest BCUT2D eigenvalue weighted by atomic mass is 16.2. The van der Waals surface area contributed by atoms with E-state index < -0.39 is 10.8 Å². The minimum atomic E-state index is -0.568. The number of Topliss-reactive ketones (excluding diaryl/α,β-unsaturated/α-hetero) is 2. The monoisotopic (exact) mass is 395 g/mol. The minimum Gasteiger partial charge on any atom is -0.353 e. The number of rotatable bonds is 9. The molecule has 0 heterocycles.